The molecule has 0 radical (unpaired) electrons. The molecule has 0 heterocycles. The van der Waals surface area contributed by atoms with Crippen LogP contribution in [0, 0.1) is 12.1 Å². The van der Waals surface area contributed by atoms with E-state index in [0.29, 0.717) is 11.4 Å². The van der Waals surface area contributed by atoms with Gasteiger partial charge in [-0.2, -0.15) is 5.23 Å². The normalized spacial score (nSPS) is 12.9. The molecule has 0 fully saturated rings. The zero-order valence-corrected chi connectivity index (χ0v) is 7.13. The molecule has 1 aromatic carbocycles. The van der Waals surface area contributed by atoms with E-state index in [1.54, 1.807) is 12.1 Å². The van der Waals surface area contributed by atoms with E-state index in [1.165, 1.54) is 7.11 Å². The van der Waals surface area contributed by atoms with Crippen molar-refractivity contribution in [3.8, 4) is 0 Å². The Morgan fingerprint density at radius 1 is 1.50 bits per heavy atom. The van der Waals surface area contributed by atoms with Gasteiger partial charge < -0.3 is 10.9 Å². The second kappa shape index (κ2) is 3.53. The number of rotatable bonds is 2. The maximum absolute atomic E-state index is 11.2. The summed E-state index contributed by atoms with van der Waals surface area (Å²) in [7, 11) is 1.34. The van der Waals surface area contributed by atoms with E-state index in [2.05, 4.69) is 4.84 Å². The molecule has 0 aromatic heterocycles. The van der Waals surface area contributed by atoms with Gasteiger partial charge in [0.2, 0.25) is 0 Å². The average molecular weight is 168 g/mol. The fraction of sp³-hybridized carbons (Fsp3) is 0.250. The highest BCUT2D eigenvalue weighted by atomic mass is 16.9. The van der Waals surface area contributed by atoms with Gasteiger partial charge in [-0.3, -0.25) is 0 Å². The summed E-state index contributed by atoms with van der Waals surface area (Å²) in [4.78, 5) is 4.58. The smallest absolute Gasteiger partial charge is 0.190 e. The molecule has 0 saturated carbocycles. The first-order chi connectivity index (χ1) is 5.66. The van der Waals surface area contributed by atoms with E-state index in [1.807, 2.05) is 13.0 Å². The highest BCUT2D eigenvalue weighted by Gasteiger charge is 2.09. The fourth-order valence-electron chi connectivity index (χ4n) is 1.07. The number of aryl methyl sites for hydroxylation is 1. The lowest BCUT2D eigenvalue weighted by Gasteiger charge is -2.19. The van der Waals surface area contributed by atoms with Crippen molar-refractivity contribution in [3.63, 3.8) is 0 Å². The average Bonchev–Trinajstić information content (AvgIpc) is 2.03. The van der Waals surface area contributed by atoms with Crippen LogP contribution in [0.25, 0.3) is 0 Å². The molecule has 0 amide bonds. The Hall–Kier alpha value is -1.10. The lowest BCUT2D eigenvalue weighted by Crippen LogP contribution is -3.00. The van der Waals surface area contributed by atoms with Gasteiger partial charge in [-0.15, -0.1) is 0 Å². The third kappa shape index (κ3) is 1.55. The lowest BCUT2D eigenvalue weighted by atomic mass is 10.2. The van der Waals surface area contributed by atoms with Gasteiger partial charge in [0, 0.05) is 5.56 Å². The quantitative estimate of drug-likeness (QED) is 0.488. The van der Waals surface area contributed by atoms with E-state index >= 15 is 0 Å². The Labute approximate surface area is 71.1 Å². The molecule has 1 unspecified atom stereocenters. The summed E-state index contributed by atoms with van der Waals surface area (Å²) in [5.41, 5.74) is 7.35. The Morgan fingerprint density at radius 3 is 2.67 bits per heavy atom. The number of hydrogen-bond donors (Lipinski definition) is 2. The molecule has 0 aliphatic rings. The molecule has 4 nitrogen and oxygen atoms in total. The van der Waals surface area contributed by atoms with E-state index in [9.17, 15) is 5.21 Å². The molecule has 0 aliphatic carbocycles. The highest BCUT2D eigenvalue weighted by molar-refractivity contribution is 5.61. The third-order valence-electron chi connectivity index (χ3n) is 1.69. The van der Waals surface area contributed by atoms with Crippen LogP contribution in [-0.2, 0) is 4.84 Å². The molecule has 1 atom stereocenters. The zero-order chi connectivity index (χ0) is 9.14. The molecule has 0 spiro atoms. The summed E-state index contributed by atoms with van der Waals surface area (Å²) in [6, 6.07) is 5.30. The summed E-state index contributed by atoms with van der Waals surface area (Å²) < 4.78 is 0. The number of nitrogens with two attached hydrogens (primary N) is 1. The van der Waals surface area contributed by atoms with Gasteiger partial charge in [-0.25, -0.2) is 4.84 Å². The maximum atomic E-state index is 11.2. The Bertz CT molecular complexity index is 256. The number of quaternary nitrogens is 1. The third-order valence-corrected chi connectivity index (χ3v) is 1.69. The minimum atomic E-state index is -0.384. The summed E-state index contributed by atoms with van der Waals surface area (Å²) in [5.74, 6) is 0. The van der Waals surface area contributed by atoms with Gasteiger partial charge in [-0.05, 0) is 13.0 Å². The largest absolute Gasteiger partial charge is 0.595 e. The van der Waals surface area contributed by atoms with Gasteiger partial charge in [-0.1, -0.05) is 12.1 Å². The van der Waals surface area contributed by atoms with Crippen LogP contribution in [0.4, 0.5) is 11.4 Å². The molecular weight excluding hydrogens is 156 g/mol. The molecule has 1 aromatic rings. The van der Waals surface area contributed by atoms with E-state index in [4.69, 9.17) is 5.73 Å². The van der Waals surface area contributed by atoms with Crippen LogP contribution in [0.1, 0.15) is 5.56 Å². The monoisotopic (exact) mass is 168 g/mol. The second-order valence-electron chi connectivity index (χ2n) is 2.53. The van der Waals surface area contributed by atoms with Crippen molar-refractivity contribution < 1.29 is 10.1 Å². The topological polar surface area (TPSA) is 62.8 Å². The Kier molecular flexibility index (Phi) is 2.65. The van der Waals surface area contributed by atoms with Gasteiger partial charge >= 0.3 is 0 Å². The molecule has 0 aliphatic heterocycles. The number of nitrogens with one attached hydrogen (secondary N) is 1. The van der Waals surface area contributed by atoms with Crippen LogP contribution >= 0.6 is 0 Å². The van der Waals surface area contributed by atoms with Gasteiger partial charge in [0.1, 0.15) is 0 Å². The van der Waals surface area contributed by atoms with Crippen LogP contribution in [-0.4, -0.2) is 7.11 Å². The van der Waals surface area contributed by atoms with Gasteiger partial charge in [0.05, 0.1) is 12.8 Å². The van der Waals surface area contributed by atoms with Crippen molar-refractivity contribution in [2.45, 2.75) is 6.92 Å². The van der Waals surface area contributed by atoms with Crippen LogP contribution in [0.5, 0.6) is 0 Å². The Balaban J connectivity index is 3.12. The van der Waals surface area contributed by atoms with Crippen molar-refractivity contribution >= 4 is 11.4 Å². The number of nitrogen functional groups attached to an aromatic ring is 1. The first-order valence-electron chi connectivity index (χ1n) is 3.60. The Morgan fingerprint density at radius 2 is 2.17 bits per heavy atom. The van der Waals surface area contributed by atoms with Crippen molar-refractivity contribution in [2.75, 3.05) is 12.8 Å². The zero-order valence-electron chi connectivity index (χ0n) is 7.13. The summed E-state index contributed by atoms with van der Waals surface area (Å²) in [5, 5.41) is 10.8. The summed E-state index contributed by atoms with van der Waals surface area (Å²) in [6.07, 6.45) is 0. The van der Waals surface area contributed by atoms with Crippen LogP contribution in [0.2, 0.25) is 0 Å². The number of benzene rings is 1. The summed E-state index contributed by atoms with van der Waals surface area (Å²) >= 11 is 0. The molecule has 4 heteroatoms. The van der Waals surface area contributed by atoms with E-state index < -0.39 is 0 Å². The molecular formula is C8H12N2O2. The first-order valence-corrected chi connectivity index (χ1v) is 3.60. The maximum Gasteiger partial charge on any atom is 0.190 e. The van der Waals surface area contributed by atoms with Gasteiger partial charge in [0.25, 0.3) is 0 Å². The second-order valence-corrected chi connectivity index (χ2v) is 2.53. The number of hydrogen-bond acceptors (Lipinski definition) is 3. The molecule has 3 N–H and O–H groups in total. The molecule has 0 saturated heterocycles. The predicted molar refractivity (Wildman–Crippen MR) is 46.6 cm³/mol. The minimum Gasteiger partial charge on any atom is -0.595 e. The minimum absolute atomic E-state index is 0.384. The molecule has 66 valence electrons. The predicted octanol–water partition coefficient (Wildman–Crippen LogP) is 0.153. The van der Waals surface area contributed by atoms with Crippen molar-refractivity contribution in [1.29, 1.82) is 0 Å². The van der Waals surface area contributed by atoms with Crippen molar-refractivity contribution in [3.05, 3.63) is 29.0 Å². The van der Waals surface area contributed by atoms with Crippen molar-refractivity contribution in [2.24, 2.45) is 0 Å². The molecule has 1 rings (SSSR count). The fourth-order valence-corrected chi connectivity index (χ4v) is 1.07. The molecule has 0 bridgehead atoms. The van der Waals surface area contributed by atoms with E-state index in [0.717, 1.165) is 5.56 Å². The van der Waals surface area contributed by atoms with Crippen LogP contribution in [0.15, 0.2) is 18.2 Å². The van der Waals surface area contributed by atoms with Crippen molar-refractivity contribution in [1.82, 2.24) is 0 Å². The summed E-state index contributed by atoms with van der Waals surface area (Å²) in [6.45, 7) is 1.82. The standard InChI is InChI=1S/C8H12N2O2/c1-6-4-3-5-7(9)8(6)10(11)12-2/h3-5,10H,9H2,1-2H3. The molecule has 12 heavy (non-hydrogen) atoms. The van der Waals surface area contributed by atoms with Crippen LogP contribution in [0.3, 0.4) is 0 Å². The first kappa shape index (κ1) is 8.99. The van der Waals surface area contributed by atoms with Crippen LogP contribution < -0.4 is 11.0 Å². The lowest BCUT2D eigenvalue weighted by molar-refractivity contribution is -0.992. The number of anilines is 1. The van der Waals surface area contributed by atoms with Gasteiger partial charge in [0.15, 0.2) is 5.69 Å². The highest BCUT2D eigenvalue weighted by Crippen LogP contribution is 2.17. The van der Waals surface area contributed by atoms with E-state index in [-0.39, 0.29) is 5.23 Å². The SMILES string of the molecule is CO[NH+]([O-])c1c(C)cccc1N.